The highest BCUT2D eigenvalue weighted by Crippen LogP contribution is 2.44. The van der Waals surface area contributed by atoms with E-state index in [9.17, 15) is 0 Å². The van der Waals surface area contributed by atoms with Crippen molar-refractivity contribution in [1.82, 2.24) is 10.3 Å². The number of hydrogen-bond donors (Lipinski definition) is 1. The summed E-state index contributed by atoms with van der Waals surface area (Å²) in [7, 11) is 0. The van der Waals surface area contributed by atoms with E-state index < -0.39 is 0 Å². The van der Waals surface area contributed by atoms with Crippen molar-refractivity contribution in [3.63, 3.8) is 0 Å². The lowest BCUT2D eigenvalue weighted by Crippen LogP contribution is -2.17. The Balaban J connectivity index is 1.74. The molecule has 2 heterocycles. The molecule has 2 aliphatic rings. The normalized spacial score (nSPS) is 32.1. The number of oxazole rings is 1. The molecular weight excluding hydrogens is 212 g/mol. The van der Waals surface area contributed by atoms with Crippen molar-refractivity contribution < 1.29 is 4.42 Å². The van der Waals surface area contributed by atoms with Crippen molar-refractivity contribution in [2.45, 2.75) is 25.3 Å². The van der Waals surface area contributed by atoms with Gasteiger partial charge in [-0.15, -0.1) is 0 Å². The lowest BCUT2D eigenvalue weighted by Gasteiger charge is -2.13. The molecular formula is C14H16N2O. The maximum atomic E-state index is 5.89. The number of benzene rings is 1. The summed E-state index contributed by atoms with van der Waals surface area (Å²) in [5, 5.41) is 3.58. The molecule has 1 saturated heterocycles. The number of nitrogens with one attached hydrogen (secondary N) is 1. The molecule has 0 spiro atoms. The Morgan fingerprint density at radius 3 is 3.12 bits per heavy atom. The molecule has 1 aliphatic heterocycles. The molecule has 0 bridgehead atoms. The minimum absolute atomic E-state index is 0.342. The third-order valence-corrected chi connectivity index (χ3v) is 4.32. The first-order chi connectivity index (χ1) is 8.42. The van der Waals surface area contributed by atoms with E-state index in [2.05, 4.69) is 10.3 Å². The first kappa shape index (κ1) is 9.66. The lowest BCUT2D eigenvalue weighted by molar-refractivity contribution is 0.356. The van der Waals surface area contributed by atoms with Crippen LogP contribution in [0.3, 0.4) is 0 Å². The number of hydrogen-bond acceptors (Lipinski definition) is 3. The monoisotopic (exact) mass is 228 g/mol. The Morgan fingerprint density at radius 2 is 2.18 bits per heavy atom. The van der Waals surface area contributed by atoms with Crippen LogP contribution in [0.5, 0.6) is 0 Å². The number of nitrogens with zero attached hydrogens (tertiary/aromatic N) is 1. The predicted molar refractivity (Wildman–Crippen MR) is 65.6 cm³/mol. The fourth-order valence-corrected chi connectivity index (χ4v) is 3.48. The second-order valence-corrected chi connectivity index (χ2v) is 5.26. The average Bonchev–Trinajstić information content (AvgIpc) is 3.02. The highest BCUT2D eigenvalue weighted by atomic mass is 16.3. The van der Waals surface area contributed by atoms with Crippen LogP contribution in [0.1, 0.15) is 31.2 Å². The maximum Gasteiger partial charge on any atom is 0.212 e. The topological polar surface area (TPSA) is 38.1 Å². The van der Waals surface area contributed by atoms with Gasteiger partial charge in [0.2, 0.25) is 5.89 Å². The van der Waals surface area contributed by atoms with E-state index in [1.807, 2.05) is 24.3 Å². The highest BCUT2D eigenvalue weighted by molar-refractivity contribution is 5.72. The lowest BCUT2D eigenvalue weighted by atomic mass is 9.94. The van der Waals surface area contributed by atoms with Crippen molar-refractivity contribution >= 4 is 11.1 Å². The molecule has 1 saturated carbocycles. The quantitative estimate of drug-likeness (QED) is 0.815. The zero-order valence-electron chi connectivity index (χ0n) is 9.73. The van der Waals surface area contributed by atoms with E-state index in [0.29, 0.717) is 6.04 Å². The van der Waals surface area contributed by atoms with Gasteiger partial charge in [0.25, 0.3) is 0 Å². The number of para-hydroxylation sites is 2. The molecule has 3 atom stereocenters. The Labute approximate surface area is 100 Å². The molecule has 1 N–H and O–H groups in total. The molecule has 4 rings (SSSR count). The number of rotatable bonds is 1. The zero-order valence-corrected chi connectivity index (χ0v) is 9.73. The fourth-order valence-electron chi connectivity index (χ4n) is 3.48. The summed E-state index contributed by atoms with van der Waals surface area (Å²) in [6.07, 6.45) is 4.06. The summed E-state index contributed by atoms with van der Waals surface area (Å²) in [6, 6.07) is 8.36. The van der Waals surface area contributed by atoms with Crippen molar-refractivity contribution in [3.8, 4) is 0 Å². The number of aromatic nitrogens is 1. The Bertz CT molecular complexity index is 515. The van der Waals surface area contributed by atoms with Crippen molar-refractivity contribution in [2.24, 2.45) is 11.8 Å². The first-order valence-corrected chi connectivity index (χ1v) is 6.51. The standard InChI is InChI=1S/C14H16N2O/c1-2-7-12-11(6-1)16-14(17-12)13-10-5-3-4-9(10)8-15-13/h1-2,6-7,9-10,13,15H,3-5,8H2. The Morgan fingerprint density at radius 1 is 1.24 bits per heavy atom. The molecule has 1 aromatic carbocycles. The third-order valence-electron chi connectivity index (χ3n) is 4.32. The molecule has 1 aliphatic carbocycles. The summed E-state index contributed by atoms with van der Waals surface area (Å²) in [5.41, 5.74) is 1.89. The molecule has 3 unspecified atom stereocenters. The fraction of sp³-hybridized carbons (Fsp3) is 0.500. The smallest absolute Gasteiger partial charge is 0.212 e. The van der Waals surface area contributed by atoms with Gasteiger partial charge >= 0.3 is 0 Å². The predicted octanol–water partition coefficient (Wildman–Crippen LogP) is 2.89. The molecule has 3 nitrogen and oxygen atoms in total. The van der Waals surface area contributed by atoms with Gasteiger partial charge in [-0.3, -0.25) is 0 Å². The van der Waals surface area contributed by atoms with Gasteiger partial charge in [-0.2, -0.15) is 0 Å². The van der Waals surface area contributed by atoms with Gasteiger partial charge < -0.3 is 9.73 Å². The largest absolute Gasteiger partial charge is 0.439 e. The van der Waals surface area contributed by atoms with Gasteiger partial charge in [0.05, 0.1) is 6.04 Å². The molecule has 2 fully saturated rings. The second kappa shape index (κ2) is 3.57. The molecule has 88 valence electrons. The molecule has 0 radical (unpaired) electrons. The van der Waals surface area contributed by atoms with Crippen molar-refractivity contribution in [2.75, 3.05) is 6.54 Å². The molecule has 17 heavy (non-hydrogen) atoms. The van der Waals surface area contributed by atoms with Gasteiger partial charge in [-0.1, -0.05) is 18.6 Å². The van der Waals surface area contributed by atoms with Gasteiger partial charge in [0, 0.05) is 0 Å². The van der Waals surface area contributed by atoms with Crippen LogP contribution in [0.2, 0.25) is 0 Å². The van der Waals surface area contributed by atoms with Gasteiger partial charge in [0.1, 0.15) is 5.52 Å². The molecule has 2 aromatic rings. The molecule has 0 amide bonds. The van der Waals surface area contributed by atoms with Crippen LogP contribution in [0.15, 0.2) is 28.7 Å². The Kier molecular flexibility index (Phi) is 2.03. The molecule has 3 heteroatoms. The second-order valence-electron chi connectivity index (χ2n) is 5.26. The first-order valence-electron chi connectivity index (χ1n) is 6.51. The van der Waals surface area contributed by atoms with Gasteiger partial charge in [0.15, 0.2) is 5.58 Å². The number of fused-ring (bicyclic) bond motifs is 2. The summed E-state index contributed by atoms with van der Waals surface area (Å²) < 4.78 is 5.89. The van der Waals surface area contributed by atoms with E-state index in [1.165, 1.54) is 19.3 Å². The van der Waals surface area contributed by atoms with Crippen LogP contribution in [-0.4, -0.2) is 11.5 Å². The summed E-state index contributed by atoms with van der Waals surface area (Å²) >= 11 is 0. The van der Waals surface area contributed by atoms with Crippen LogP contribution in [0.25, 0.3) is 11.1 Å². The minimum Gasteiger partial charge on any atom is -0.439 e. The van der Waals surface area contributed by atoms with Crippen LogP contribution >= 0.6 is 0 Å². The van der Waals surface area contributed by atoms with Crippen LogP contribution < -0.4 is 5.32 Å². The van der Waals surface area contributed by atoms with E-state index in [0.717, 1.165) is 35.4 Å². The van der Waals surface area contributed by atoms with Gasteiger partial charge in [-0.05, 0) is 43.4 Å². The van der Waals surface area contributed by atoms with E-state index in [1.54, 1.807) is 0 Å². The van der Waals surface area contributed by atoms with Crippen molar-refractivity contribution in [3.05, 3.63) is 30.2 Å². The SMILES string of the molecule is c1ccc2oc(C3NCC4CCCC43)nc2c1. The summed E-state index contributed by atoms with van der Waals surface area (Å²) in [6.45, 7) is 1.13. The van der Waals surface area contributed by atoms with E-state index in [-0.39, 0.29) is 0 Å². The van der Waals surface area contributed by atoms with E-state index in [4.69, 9.17) is 4.42 Å². The third kappa shape index (κ3) is 1.42. The maximum absolute atomic E-state index is 5.89. The highest BCUT2D eigenvalue weighted by Gasteiger charge is 2.41. The average molecular weight is 228 g/mol. The van der Waals surface area contributed by atoms with Crippen molar-refractivity contribution in [1.29, 1.82) is 0 Å². The zero-order chi connectivity index (χ0) is 11.2. The molecule has 1 aromatic heterocycles. The summed E-state index contributed by atoms with van der Waals surface area (Å²) in [5.74, 6) is 2.47. The van der Waals surface area contributed by atoms with Crippen LogP contribution in [0, 0.1) is 11.8 Å². The van der Waals surface area contributed by atoms with Crippen LogP contribution in [-0.2, 0) is 0 Å². The van der Waals surface area contributed by atoms with Crippen LogP contribution in [0.4, 0.5) is 0 Å². The van der Waals surface area contributed by atoms with Gasteiger partial charge in [-0.25, -0.2) is 4.98 Å². The van der Waals surface area contributed by atoms with E-state index >= 15 is 0 Å². The Hall–Kier alpha value is -1.35. The summed E-state index contributed by atoms with van der Waals surface area (Å²) in [4.78, 5) is 4.63. The minimum atomic E-state index is 0.342.